The molecular weight excluding hydrogens is 348 g/mol. The van der Waals surface area contributed by atoms with Crippen LogP contribution in [-0.4, -0.2) is 44.7 Å². The van der Waals surface area contributed by atoms with Gasteiger partial charge in [0.25, 0.3) is 0 Å². The molecule has 1 aliphatic rings. The summed E-state index contributed by atoms with van der Waals surface area (Å²) in [5.41, 5.74) is 0. The largest absolute Gasteiger partial charge is 0.461 e. The monoisotopic (exact) mass is 376 g/mol. The molecule has 1 saturated carbocycles. The Hall–Kier alpha value is -1.96. The van der Waals surface area contributed by atoms with Crippen molar-refractivity contribution >= 4 is 17.7 Å². The summed E-state index contributed by atoms with van der Waals surface area (Å²) in [4.78, 5) is 9.11. The highest BCUT2D eigenvalue weighted by Gasteiger charge is 2.22. The molecule has 0 spiro atoms. The first kappa shape index (κ1) is 18.8. The number of hydrogen-bond donors (Lipinski definition) is 3. The van der Waals surface area contributed by atoms with Gasteiger partial charge in [0.1, 0.15) is 12.4 Å². The molecule has 142 valence electrons. The van der Waals surface area contributed by atoms with E-state index in [1.165, 1.54) is 31.4 Å². The van der Waals surface area contributed by atoms with E-state index >= 15 is 0 Å². The highest BCUT2D eigenvalue weighted by atomic mass is 32.2. The van der Waals surface area contributed by atoms with Gasteiger partial charge >= 0.3 is 0 Å². The summed E-state index contributed by atoms with van der Waals surface area (Å²) in [7, 11) is 0. The Bertz CT molecular complexity index is 682. The van der Waals surface area contributed by atoms with Crippen molar-refractivity contribution in [1.29, 1.82) is 0 Å². The molecule has 0 saturated heterocycles. The van der Waals surface area contributed by atoms with Gasteiger partial charge in [0.15, 0.2) is 11.7 Å². The van der Waals surface area contributed by atoms with Crippen molar-refractivity contribution in [2.45, 2.75) is 57.4 Å². The standard InChI is InChI=1S/C18H28N6OS/c1-3-19-18(21-13-7-5-8-14(11-13)26-4-2)20-12-16-22-17(24-23-16)15-9-6-10-25-15/h6,9-10,13-14H,3-5,7-8,11-12H2,1-2H3,(H2,19,20,21)(H,22,23,24). The summed E-state index contributed by atoms with van der Waals surface area (Å²) in [5.74, 6) is 3.97. The number of nitrogens with zero attached hydrogens (tertiary/aromatic N) is 3. The molecule has 0 amide bonds. The average molecular weight is 377 g/mol. The third kappa shape index (κ3) is 5.27. The van der Waals surface area contributed by atoms with Gasteiger partial charge < -0.3 is 15.1 Å². The maximum atomic E-state index is 5.32. The Morgan fingerprint density at radius 2 is 2.35 bits per heavy atom. The van der Waals surface area contributed by atoms with Crippen LogP contribution in [0, 0.1) is 0 Å². The number of aliphatic imine (C=N–C) groups is 1. The normalized spacial score (nSPS) is 20.9. The van der Waals surface area contributed by atoms with Crippen molar-refractivity contribution in [3.63, 3.8) is 0 Å². The van der Waals surface area contributed by atoms with Gasteiger partial charge in [0.2, 0.25) is 5.82 Å². The number of thioether (sulfide) groups is 1. The van der Waals surface area contributed by atoms with E-state index in [9.17, 15) is 0 Å². The molecule has 7 nitrogen and oxygen atoms in total. The Labute approximate surface area is 158 Å². The van der Waals surface area contributed by atoms with Crippen LogP contribution in [-0.2, 0) is 6.54 Å². The maximum absolute atomic E-state index is 5.32. The van der Waals surface area contributed by atoms with Gasteiger partial charge in [-0.1, -0.05) is 13.3 Å². The first-order chi connectivity index (χ1) is 12.8. The van der Waals surface area contributed by atoms with E-state index in [1.54, 1.807) is 6.26 Å². The van der Waals surface area contributed by atoms with Gasteiger partial charge in [0.05, 0.1) is 6.26 Å². The van der Waals surface area contributed by atoms with E-state index in [4.69, 9.17) is 4.42 Å². The van der Waals surface area contributed by atoms with Crippen molar-refractivity contribution in [2.24, 2.45) is 4.99 Å². The van der Waals surface area contributed by atoms with Crippen LogP contribution in [0.25, 0.3) is 11.6 Å². The van der Waals surface area contributed by atoms with Gasteiger partial charge in [-0.2, -0.15) is 11.8 Å². The summed E-state index contributed by atoms with van der Waals surface area (Å²) in [6.07, 6.45) is 6.64. The number of aromatic amines is 1. The third-order valence-electron chi connectivity index (χ3n) is 4.37. The van der Waals surface area contributed by atoms with Crippen molar-refractivity contribution in [1.82, 2.24) is 25.8 Å². The number of guanidine groups is 1. The van der Waals surface area contributed by atoms with Gasteiger partial charge in [-0.15, -0.1) is 5.10 Å². The van der Waals surface area contributed by atoms with E-state index in [2.05, 4.69) is 56.4 Å². The predicted octanol–water partition coefficient (Wildman–Crippen LogP) is 3.18. The van der Waals surface area contributed by atoms with Crippen LogP contribution in [0.2, 0.25) is 0 Å². The molecule has 2 unspecified atom stereocenters. The fourth-order valence-corrected chi connectivity index (χ4v) is 4.39. The van der Waals surface area contributed by atoms with Crippen LogP contribution in [0.5, 0.6) is 0 Å². The van der Waals surface area contributed by atoms with Crippen molar-refractivity contribution in [3.05, 3.63) is 24.2 Å². The Kier molecular flexibility index (Phi) is 6.99. The topological polar surface area (TPSA) is 91.1 Å². The Balaban J connectivity index is 1.58. The summed E-state index contributed by atoms with van der Waals surface area (Å²) in [6, 6.07) is 4.15. The molecule has 3 N–H and O–H groups in total. The molecule has 3 rings (SSSR count). The molecule has 2 aromatic rings. The lowest BCUT2D eigenvalue weighted by Gasteiger charge is -2.30. The summed E-state index contributed by atoms with van der Waals surface area (Å²) < 4.78 is 5.32. The van der Waals surface area contributed by atoms with Crippen LogP contribution in [0.1, 0.15) is 45.4 Å². The number of hydrogen-bond acceptors (Lipinski definition) is 5. The zero-order chi connectivity index (χ0) is 18.2. The molecule has 1 aliphatic carbocycles. The van der Waals surface area contributed by atoms with E-state index in [0.29, 0.717) is 24.2 Å². The molecular formula is C18H28N6OS. The van der Waals surface area contributed by atoms with Crippen LogP contribution in [0.4, 0.5) is 0 Å². The fraction of sp³-hybridized carbons (Fsp3) is 0.611. The first-order valence-electron chi connectivity index (χ1n) is 9.40. The molecule has 0 aromatic carbocycles. The highest BCUT2D eigenvalue weighted by molar-refractivity contribution is 7.99. The summed E-state index contributed by atoms with van der Waals surface area (Å²) in [5, 5.41) is 14.8. The van der Waals surface area contributed by atoms with E-state index in [-0.39, 0.29) is 0 Å². The second-order valence-corrected chi connectivity index (χ2v) is 7.94. The lowest BCUT2D eigenvalue weighted by molar-refractivity contribution is 0.419. The molecule has 8 heteroatoms. The smallest absolute Gasteiger partial charge is 0.216 e. The van der Waals surface area contributed by atoms with Crippen molar-refractivity contribution in [2.75, 3.05) is 12.3 Å². The first-order valence-corrected chi connectivity index (χ1v) is 10.4. The summed E-state index contributed by atoms with van der Waals surface area (Å²) in [6.45, 7) is 5.60. The molecule has 2 heterocycles. The number of aromatic nitrogens is 3. The molecule has 0 aliphatic heterocycles. The lowest BCUT2D eigenvalue weighted by atomic mass is 9.95. The minimum absolute atomic E-state index is 0.447. The van der Waals surface area contributed by atoms with Gasteiger partial charge in [0, 0.05) is 17.8 Å². The molecule has 0 bridgehead atoms. The number of nitrogens with one attached hydrogen (secondary N) is 3. The van der Waals surface area contributed by atoms with E-state index in [0.717, 1.165) is 23.6 Å². The highest BCUT2D eigenvalue weighted by Crippen LogP contribution is 2.28. The van der Waals surface area contributed by atoms with Gasteiger partial charge in [-0.25, -0.2) is 9.98 Å². The van der Waals surface area contributed by atoms with Crippen molar-refractivity contribution in [3.8, 4) is 11.6 Å². The van der Waals surface area contributed by atoms with Gasteiger partial charge in [-0.05, 0) is 44.1 Å². The van der Waals surface area contributed by atoms with E-state index < -0.39 is 0 Å². The average Bonchev–Trinajstić information content (AvgIpc) is 3.32. The number of H-pyrrole nitrogens is 1. The molecule has 2 atom stereocenters. The Morgan fingerprint density at radius 1 is 1.42 bits per heavy atom. The second kappa shape index (κ2) is 9.66. The number of furan rings is 1. The quantitative estimate of drug-likeness (QED) is 0.508. The van der Waals surface area contributed by atoms with Crippen LogP contribution in [0.15, 0.2) is 27.8 Å². The fourth-order valence-electron chi connectivity index (χ4n) is 3.21. The van der Waals surface area contributed by atoms with Crippen molar-refractivity contribution < 1.29 is 4.42 Å². The molecule has 2 aromatic heterocycles. The minimum Gasteiger partial charge on any atom is -0.461 e. The number of rotatable bonds is 7. The predicted molar refractivity (Wildman–Crippen MR) is 106 cm³/mol. The molecule has 26 heavy (non-hydrogen) atoms. The SMILES string of the molecule is CCNC(=NCc1nc(-c2ccco2)n[nH]1)NC1CCCC(SCC)C1. The van der Waals surface area contributed by atoms with Gasteiger partial charge in [-0.3, -0.25) is 5.10 Å². The Morgan fingerprint density at radius 3 is 3.12 bits per heavy atom. The van der Waals surface area contributed by atoms with Crippen LogP contribution in [0.3, 0.4) is 0 Å². The van der Waals surface area contributed by atoms with Crippen LogP contribution >= 0.6 is 11.8 Å². The molecule has 0 radical (unpaired) electrons. The van der Waals surface area contributed by atoms with Crippen LogP contribution < -0.4 is 10.6 Å². The lowest BCUT2D eigenvalue weighted by Crippen LogP contribution is -2.45. The zero-order valence-electron chi connectivity index (χ0n) is 15.5. The third-order valence-corrected chi connectivity index (χ3v) is 5.61. The zero-order valence-corrected chi connectivity index (χ0v) is 16.3. The minimum atomic E-state index is 0.447. The second-order valence-electron chi connectivity index (χ2n) is 6.36. The molecule has 1 fully saturated rings. The maximum Gasteiger partial charge on any atom is 0.216 e. The van der Waals surface area contributed by atoms with E-state index in [1.807, 2.05) is 12.1 Å². The summed E-state index contributed by atoms with van der Waals surface area (Å²) >= 11 is 2.08.